The molecule has 2 rings (SSSR count). The van der Waals surface area contributed by atoms with E-state index < -0.39 is 0 Å². The van der Waals surface area contributed by atoms with E-state index in [1.807, 2.05) is 17.5 Å². The summed E-state index contributed by atoms with van der Waals surface area (Å²) in [5, 5.41) is 11.4. The van der Waals surface area contributed by atoms with Gasteiger partial charge in [0.1, 0.15) is 0 Å². The van der Waals surface area contributed by atoms with Crippen molar-refractivity contribution in [2.24, 2.45) is 4.99 Å². The average molecular weight is 500 g/mol. The number of rotatable bonds is 8. The van der Waals surface area contributed by atoms with Crippen LogP contribution >= 0.6 is 35.3 Å². The smallest absolute Gasteiger partial charge is 0.261 e. The lowest BCUT2D eigenvalue weighted by atomic mass is 10.1. The summed E-state index contributed by atoms with van der Waals surface area (Å²) < 4.78 is 0. The van der Waals surface area contributed by atoms with E-state index >= 15 is 0 Å². The van der Waals surface area contributed by atoms with Gasteiger partial charge in [-0.2, -0.15) is 0 Å². The van der Waals surface area contributed by atoms with Crippen molar-refractivity contribution in [3.63, 3.8) is 0 Å². The molecule has 1 aromatic carbocycles. The zero-order chi connectivity index (χ0) is 18.8. The SMILES string of the molecule is CN=C(NCCCNC(=O)c1cccs1)NCCc1cc(C)cc(C)c1.I. The van der Waals surface area contributed by atoms with E-state index in [1.54, 1.807) is 7.05 Å². The maximum atomic E-state index is 11.8. The maximum Gasteiger partial charge on any atom is 0.261 e. The van der Waals surface area contributed by atoms with Crippen molar-refractivity contribution in [2.45, 2.75) is 26.7 Å². The van der Waals surface area contributed by atoms with Crippen LogP contribution in [-0.4, -0.2) is 38.5 Å². The predicted octanol–water partition coefficient (Wildman–Crippen LogP) is 3.51. The van der Waals surface area contributed by atoms with Crippen LogP contribution in [0, 0.1) is 13.8 Å². The summed E-state index contributed by atoms with van der Waals surface area (Å²) in [7, 11) is 1.77. The van der Waals surface area contributed by atoms with Gasteiger partial charge < -0.3 is 16.0 Å². The van der Waals surface area contributed by atoms with Crippen molar-refractivity contribution < 1.29 is 4.79 Å². The van der Waals surface area contributed by atoms with Crippen LogP contribution in [0.5, 0.6) is 0 Å². The Morgan fingerprint density at radius 3 is 2.33 bits per heavy atom. The molecule has 0 bridgehead atoms. The van der Waals surface area contributed by atoms with Crippen molar-refractivity contribution in [1.29, 1.82) is 0 Å². The number of nitrogens with one attached hydrogen (secondary N) is 3. The van der Waals surface area contributed by atoms with E-state index in [0.29, 0.717) is 6.54 Å². The van der Waals surface area contributed by atoms with E-state index in [9.17, 15) is 4.79 Å². The third-order valence-corrected chi connectivity index (χ3v) is 4.76. The Labute approximate surface area is 183 Å². The average Bonchev–Trinajstić information content (AvgIpc) is 3.13. The molecule has 148 valence electrons. The van der Waals surface area contributed by atoms with Crippen LogP contribution in [0.1, 0.15) is 32.8 Å². The number of hydrogen-bond acceptors (Lipinski definition) is 3. The van der Waals surface area contributed by atoms with E-state index in [1.165, 1.54) is 28.0 Å². The highest BCUT2D eigenvalue weighted by Gasteiger charge is 2.05. The Bertz CT molecular complexity index is 711. The Kier molecular flexibility index (Phi) is 11.0. The lowest BCUT2D eigenvalue weighted by molar-refractivity contribution is 0.0957. The number of aliphatic imine (C=N–C) groups is 1. The second-order valence-corrected chi connectivity index (χ2v) is 7.21. The molecule has 0 aliphatic heterocycles. The summed E-state index contributed by atoms with van der Waals surface area (Å²) in [5.74, 6) is 0.787. The molecule has 0 saturated heterocycles. The van der Waals surface area contributed by atoms with Crippen LogP contribution in [0.15, 0.2) is 40.7 Å². The number of halogens is 1. The van der Waals surface area contributed by atoms with Crippen LogP contribution in [-0.2, 0) is 6.42 Å². The zero-order valence-corrected chi connectivity index (χ0v) is 19.3. The lowest BCUT2D eigenvalue weighted by Crippen LogP contribution is -2.39. The van der Waals surface area contributed by atoms with Crippen molar-refractivity contribution in [1.82, 2.24) is 16.0 Å². The lowest BCUT2D eigenvalue weighted by Gasteiger charge is -2.12. The van der Waals surface area contributed by atoms with Gasteiger partial charge in [0.05, 0.1) is 4.88 Å². The van der Waals surface area contributed by atoms with Crippen molar-refractivity contribution in [3.8, 4) is 0 Å². The van der Waals surface area contributed by atoms with Gasteiger partial charge in [-0.1, -0.05) is 35.4 Å². The fourth-order valence-electron chi connectivity index (χ4n) is 2.75. The molecule has 0 spiro atoms. The first kappa shape index (κ1) is 23.4. The minimum absolute atomic E-state index is 0. The second kappa shape index (κ2) is 12.7. The Balaban J connectivity index is 0.00000364. The molecule has 3 N–H and O–H groups in total. The first-order valence-corrected chi connectivity index (χ1v) is 9.80. The summed E-state index contributed by atoms with van der Waals surface area (Å²) >= 11 is 1.46. The molecule has 0 fully saturated rings. The molecule has 0 radical (unpaired) electrons. The van der Waals surface area contributed by atoms with Crippen LogP contribution in [0.4, 0.5) is 0 Å². The third-order valence-electron chi connectivity index (χ3n) is 3.89. The normalized spacial score (nSPS) is 10.9. The minimum Gasteiger partial charge on any atom is -0.356 e. The van der Waals surface area contributed by atoms with Crippen molar-refractivity contribution in [2.75, 3.05) is 26.7 Å². The van der Waals surface area contributed by atoms with Crippen molar-refractivity contribution >= 4 is 47.2 Å². The van der Waals surface area contributed by atoms with E-state index in [0.717, 1.165) is 36.8 Å². The number of thiophene rings is 1. The molecule has 5 nitrogen and oxygen atoms in total. The fourth-order valence-corrected chi connectivity index (χ4v) is 3.39. The van der Waals surface area contributed by atoms with Gasteiger partial charge in [0.2, 0.25) is 0 Å². The van der Waals surface area contributed by atoms with Crippen LogP contribution in [0.2, 0.25) is 0 Å². The molecular weight excluding hydrogens is 471 g/mol. The largest absolute Gasteiger partial charge is 0.356 e. The highest BCUT2D eigenvalue weighted by atomic mass is 127. The van der Waals surface area contributed by atoms with Gasteiger partial charge in [-0.25, -0.2) is 0 Å². The molecule has 0 aliphatic rings. The van der Waals surface area contributed by atoms with Gasteiger partial charge in [-0.15, -0.1) is 35.3 Å². The van der Waals surface area contributed by atoms with Gasteiger partial charge in [-0.05, 0) is 43.7 Å². The van der Waals surface area contributed by atoms with Gasteiger partial charge in [0, 0.05) is 26.7 Å². The number of amides is 1. The minimum atomic E-state index is -0.00375. The van der Waals surface area contributed by atoms with Crippen LogP contribution in [0.3, 0.4) is 0 Å². The summed E-state index contributed by atoms with van der Waals surface area (Å²) in [6.07, 6.45) is 1.80. The van der Waals surface area contributed by atoms with E-state index in [-0.39, 0.29) is 29.9 Å². The van der Waals surface area contributed by atoms with Gasteiger partial charge in [0.25, 0.3) is 5.91 Å². The molecule has 0 atom stereocenters. The summed E-state index contributed by atoms with van der Waals surface area (Å²) in [6, 6.07) is 10.4. The highest BCUT2D eigenvalue weighted by molar-refractivity contribution is 14.0. The summed E-state index contributed by atoms with van der Waals surface area (Å²) in [5.41, 5.74) is 3.93. The van der Waals surface area contributed by atoms with Gasteiger partial charge >= 0.3 is 0 Å². The molecule has 1 heterocycles. The number of nitrogens with zero attached hydrogens (tertiary/aromatic N) is 1. The van der Waals surface area contributed by atoms with Crippen LogP contribution in [0.25, 0.3) is 0 Å². The molecule has 7 heteroatoms. The third kappa shape index (κ3) is 8.75. The Morgan fingerprint density at radius 1 is 1.04 bits per heavy atom. The molecule has 2 aromatic rings. The number of aryl methyl sites for hydroxylation is 2. The topological polar surface area (TPSA) is 65.5 Å². The van der Waals surface area contributed by atoms with Gasteiger partial charge in [-0.3, -0.25) is 9.79 Å². The molecule has 0 saturated carbocycles. The monoisotopic (exact) mass is 500 g/mol. The fraction of sp³-hybridized carbons (Fsp3) is 0.400. The highest BCUT2D eigenvalue weighted by Crippen LogP contribution is 2.09. The molecule has 0 unspecified atom stereocenters. The number of carbonyl (C=O) groups is 1. The predicted molar refractivity (Wildman–Crippen MR) is 126 cm³/mol. The molecule has 27 heavy (non-hydrogen) atoms. The maximum absolute atomic E-state index is 11.8. The van der Waals surface area contributed by atoms with Gasteiger partial charge in [0.15, 0.2) is 5.96 Å². The molecule has 1 aromatic heterocycles. The van der Waals surface area contributed by atoms with E-state index in [2.05, 4.69) is 53.0 Å². The number of benzene rings is 1. The molecule has 0 aliphatic carbocycles. The Morgan fingerprint density at radius 2 is 1.70 bits per heavy atom. The quantitative estimate of drug-likeness (QED) is 0.225. The molecular formula is C20H29IN4OS. The second-order valence-electron chi connectivity index (χ2n) is 6.26. The summed E-state index contributed by atoms with van der Waals surface area (Å²) in [4.78, 5) is 16.8. The van der Waals surface area contributed by atoms with Crippen molar-refractivity contribution in [3.05, 3.63) is 57.3 Å². The number of carbonyl (C=O) groups excluding carboxylic acids is 1. The zero-order valence-electron chi connectivity index (χ0n) is 16.2. The number of guanidine groups is 1. The number of hydrogen-bond donors (Lipinski definition) is 3. The Hall–Kier alpha value is -1.61. The first-order valence-electron chi connectivity index (χ1n) is 8.92. The van der Waals surface area contributed by atoms with Crippen LogP contribution < -0.4 is 16.0 Å². The summed E-state index contributed by atoms with van der Waals surface area (Å²) in [6.45, 7) is 6.48. The van der Waals surface area contributed by atoms with E-state index in [4.69, 9.17) is 0 Å². The molecule has 1 amide bonds. The first-order chi connectivity index (χ1) is 12.6. The standard InChI is InChI=1S/C20H28N4OS.HI/c1-15-12-16(2)14-17(13-15)7-10-24-20(21-3)23-9-5-8-22-19(25)18-6-4-11-26-18;/h4,6,11-14H,5,7-10H2,1-3H3,(H,22,25)(H2,21,23,24);1H.